The Morgan fingerprint density at radius 2 is 1.83 bits per heavy atom. The summed E-state index contributed by atoms with van der Waals surface area (Å²) in [6.45, 7) is 3.24. The zero-order valence-electron chi connectivity index (χ0n) is 17.1. The molecule has 1 unspecified atom stereocenters. The minimum Gasteiger partial charge on any atom is -0.343 e. The lowest BCUT2D eigenvalue weighted by Crippen LogP contribution is -2.36. The molecule has 0 spiro atoms. The van der Waals surface area contributed by atoms with Gasteiger partial charge < -0.3 is 9.47 Å². The molecule has 0 saturated carbocycles. The molecule has 1 fully saturated rings. The summed E-state index contributed by atoms with van der Waals surface area (Å²) in [4.78, 5) is 15.0. The Balaban J connectivity index is 1.62. The van der Waals surface area contributed by atoms with Crippen molar-refractivity contribution in [1.29, 1.82) is 0 Å². The van der Waals surface area contributed by atoms with Crippen molar-refractivity contribution < 1.29 is 13.2 Å². The van der Waals surface area contributed by atoms with Gasteiger partial charge in [0.25, 0.3) is 5.91 Å². The fourth-order valence-corrected chi connectivity index (χ4v) is 6.07. The number of hydrogen-bond acceptors (Lipinski definition) is 3. The first-order chi connectivity index (χ1) is 13.9. The second-order valence-electron chi connectivity index (χ2n) is 8.16. The minimum atomic E-state index is -3.74. The van der Waals surface area contributed by atoms with Crippen molar-refractivity contribution in [1.82, 2.24) is 14.2 Å². The molecule has 1 aromatic heterocycles. The minimum absolute atomic E-state index is 0.0836. The summed E-state index contributed by atoms with van der Waals surface area (Å²) in [5.41, 5.74) is 3.29. The summed E-state index contributed by atoms with van der Waals surface area (Å²) in [6, 6.07) is 9.34. The van der Waals surface area contributed by atoms with Crippen LogP contribution in [0, 0.1) is 6.92 Å². The number of piperidine rings is 1. The summed E-state index contributed by atoms with van der Waals surface area (Å²) in [7, 11) is -1.98. The standard InChI is InChI=1S/C22H29N3O3S/c1-16-21(15-20(24(16)2)22(26)25-13-6-3-7-14-25)29(27,28)23-19-12-8-10-17-9-4-5-11-18(17)19/h4-5,9,11,15,19,23H,3,6-8,10,12-14H2,1-2H3. The lowest BCUT2D eigenvalue weighted by molar-refractivity contribution is 0.0714. The number of aryl methyl sites for hydroxylation is 1. The van der Waals surface area contributed by atoms with E-state index in [4.69, 9.17) is 0 Å². The van der Waals surface area contributed by atoms with Gasteiger partial charge in [0, 0.05) is 31.9 Å². The molecule has 1 aromatic carbocycles. The largest absolute Gasteiger partial charge is 0.343 e. The van der Waals surface area contributed by atoms with Gasteiger partial charge in [-0.3, -0.25) is 4.79 Å². The lowest BCUT2D eigenvalue weighted by Gasteiger charge is -2.26. The van der Waals surface area contributed by atoms with Crippen molar-refractivity contribution >= 4 is 15.9 Å². The quantitative estimate of drug-likeness (QED) is 0.833. The van der Waals surface area contributed by atoms with Gasteiger partial charge in [0.1, 0.15) is 10.6 Å². The van der Waals surface area contributed by atoms with E-state index in [1.54, 1.807) is 24.6 Å². The van der Waals surface area contributed by atoms with E-state index in [9.17, 15) is 13.2 Å². The summed E-state index contributed by atoms with van der Waals surface area (Å²) < 4.78 is 31.1. The third-order valence-corrected chi connectivity index (χ3v) is 7.89. The molecule has 1 amide bonds. The van der Waals surface area contributed by atoms with E-state index in [1.807, 2.05) is 23.1 Å². The lowest BCUT2D eigenvalue weighted by atomic mass is 9.88. The second-order valence-corrected chi connectivity index (χ2v) is 9.84. The molecule has 1 atom stereocenters. The van der Waals surface area contributed by atoms with E-state index in [0.29, 0.717) is 11.4 Å². The number of fused-ring (bicyclic) bond motifs is 1. The summed E-state index contributed by atoms with van der Waals surface area (Å²) >= 11 is 0. The molecule has 4 rings (SSSR count). The van der Waals surface area contributed by atoms with E-state index in [-0.39, 0.29) is 16.8 Å². The number of carbonyl (C=O) groups is 1. The van der Waals surface area contributed by atoms with Crippen molar-refractivity contribution in [2.45, 2.75) is 56.4 Å². The number of nitrogens with zero attached hydrogens (tertiary/aromatic N) is 2. The topological polar surface area (TPSA) is 71.4 Å². The molecule has 29 heavy (non-hydrogen) atoms. The van der Waals surface area contributed by atoms with Crippen molar-refractivity contribution in [3.8, 4) is 0 Å². The monoisotopic (exact) mass is 415 g/mol. The molecule has 1 aliphatic carbocycles. The second kappa shape index (κ2) is 7.95. The van der Waals surface area contributed by atoms with Gasteiger partial charge in [-0.1, -0.05) is 24.3 Å². The van der Waals surface area contributed by atoms with Gasteiger partial charge in [-0.25, -0.2) is 13.1 Å². The Hall–Kier alpha value is -2.12. The Labute approximate surface area is 173 Å². The average molecular weight is 416 g/mol. The summed E-state index contributed by atoms with van der Waals surface area (Å²) in [5.74, 6) is -0.0836. The highest BCUT2D eigenvalue weighted by Gasteiger charge is 2.30. The first kappa shape index (κ1) is 20.2. The number of amides is 1. The van der Waals surface area contributed by atoms with Crippen molar-refractivity contribution in [3.05, 3.63) is 52.8 Å². The van der Waals surface area contributed by atoms with Gasteiger partial charge in [-0.2, -0.15) is 0 Å². The van der Waals surface area contributed by atoms with Gasteiger partial charge in [-0.05, 0) is 62.6 Å². The predicted octanol–water partition coefficient (Wildman–Crippen LogP) is 3.32. The van der Waals surface area contributed by atoms with Crippen LogP contribution < -0.4 is 4.72 Å². The van der Waals surface area contributed by atoms with Crippen LogP contribution >= 0.6 is 0 Å². The molecule has 1 N–H and O–H groups in total. The predicted molar refractivity (Wildman–Crippen MR) is 112 cm³/mol. The number of hydrogen-bond donors (Lipinski definition) is 1. The molecule has 1 aliphatic heterocycles. The zero-order chi connectivity index (χ0) is 20.6. The first-order valence-corrected chi connectivity index (χ1v) is 11.9. The maximum atomic E-state index is 13.2. The normalized spacial score (nSPS) is 19.8. The Kier molecular flexibility index (Phi) is 5.53. The smallest absolute Gasteiger partial charge is 0.270 e. The fourth-order valence-electron chi connectivity index (χ4n) is 4.53. The van der Waals surface area contributed by atoms with Gasteiger partial charge in [0.05, 0.1) is 0 Å². The highest BCUT2D eigenvalue weighted by Crippen LogP contribution is 2.31. The van der Waals surface area contributed by atoms with Crippen molar-refractivity contribution in [3.63, 3.8) is 0 Å². The molecular formula is C22H29N3O3S. The number of nitrogens with one attached hydrogen (secondary N) is 1. The molecule has 1 saturated heterocycles. The summed E-state index contributed by atoms with van der Waals surface area (Å²) in [5, 5.41) is 0. The number of likely N-dealkylation sites (tertiary alicyclic amines) is 1. The highest BCUT2D eigenvalue weighted by molar-refractivity contribution is 7.89. The van der Waals surface area contributed by atoms with E-state index >= 15 is 0 Å². The Morgan fingerprint density at radius 1 is 1.10 bits per heavy atom. The highest BCUT2D eigenvalue weighted by atomic mass is 32.2. The van der Waals surface area contributed by atoms with Crippen LogP contribution in [-0.2, 0) is 23.5 Å². The van der Waals surface area contributed by atoms with Crippen LogP contribution in [0.1, 0.15) is 65.5 Å². The van der Waals surface area contributed by atoms with E-state index in [1.165, 1.54) is 5.56 Å². The number of aromatic nitrogens is 1. The van der Waals surface area contributed by atoms with E-state index in [2.05, 4.69) is 10.8 Å². The number of rotatable bonds is 4. The molecule has 7 heteroatoms. The van der Waals surface area contributed by atoms with E-state index < -0.39 is 10.0 Å². The molecule has 0 bridgehead atoms. The van der Waals surface area contributed by atoms with Crippen LogP contribution in [0.25, 0.3) is 0 Å². The third kappa shape index (κ3) is 3.85. The van der Waals surface area contributed by atoms with Crippen molar-refractivity contribution in [2.24, 2.45) is 7.05 Å². The van der Waals surface area contributed by atoms with Crippen molar-refractivity contribution in [2.75, 3.05) is 13.1 Å². The third-order valence-electron chi connectivity index (χ3n) is 6.31. The molecular weight excluding hydrogens is 386 g/mol. The molecule has 156 valence electrons. The van der Waals surface area contributed by atoms with Gasteiger partial charge >= 0.3 is 0 Å². The Morgan fingerprint density at radius 3 is 2.59 bits per heavy atom. The average Bonchev–Trinajstić information content (AvgIpc) is 3.04. The molecule has 6 nitrogen and oxygen atoms in total. The molecule has 0 radical (unpaired) electrons. The molecule has 2 heterocycles. The number of benzene rings is 1. The zero-order valence-corrected chi connectivity index (χ0v) is 18.0. The van der Waals surface area contributed by atoms with Crippen LogP contribution in [0.3, 0.4) is 0 Å². The fraction of sp³-hybridized carbons (Fsp3) is 0.500. The van der Waals surface area contributed by atoms with Gasteiger partial charge in [0.15, 0.2) is 0 Å². The van der Waals surface area contributed by atoms with Gasteiger partial charge in [0.2, 0.25) is 10.0 Å². The van der Waals surface area contributed by atoms with Gasteiger partial charge in [-0.15, -0.1) is 0 Å². The molecule has 2 aliphatic rings. The maximum Gasteiger partial charge on any atom is 0.270 e. The maximum absolute atomic E-state index is 13.2. The first-order valence-electron chi connectivity index (χ1n) is 10.4. The van der Waals surface area contributed by atoms with Crippen LogP contribution in [0.15, 0.2) is 35.2 Å². The molecule has 2 aromatic rings. The Bertz CT molecular complexity index is 1020. The summed E-state index contributed by atoms with van der Waals surface area (Å²) in [6.07, 6.45) is 5.86. The number of sulfonamides is 1. The number of carbonyl (C=O) groups excluding carboxylic acids is 1. The van der Waals surface area contributed by atoms with Crippen LogP contribution in [0.5, 0.6) is 0 Å². The SMILES string of the molecule is Cc1c(S(=O)(=O)NC2CCCc3ccccc32)cc(C(=O)N2CCCCC2)n1C. The van der Waals surface area contributed by atoms with Crippen LogP contribution in [0.4, 0.5) is 0 Å². The van der Waals surface area contributed by atoms with Crippen LogP contribution in [0.2, 0.25) is 0 Å². The van der Waals surface area contributed by atoms with Crippen LogP contribution in [-0.4, -0.2) is 36.9 Å². The van der Waals surface area contributed by atoms with E-state index in [0.717, 1.165) is 57.2 Å².